The minimum atomic E-state index is -0.612. The number of fused-ring (bicyclic) bond motifs is 1. The Morgan fingerprint density at radius 2 is 2.25 bits per heavy atom. The number of nitrogens with two attached hydrogens (primary N) is 1. The maximum absolute atomic E-state index is 12.1. The Morgan fingerprint density at radius 3 is 2.90 bits per heavy atom. The average molecular weight is 276 g/mol. The predicted molar refractivity (Wildman–Crippen MR) is 70.3 cm³/mol. The van der Waals surface area contributed by atoms with Gasteiger partial charge in [-0.25, -0.2) is 0 Å². The van der Waals surface area contributed by atoms with Gasteiger partial charge in [0.05, 0.1) is 18.2 Å². The zero-order chi connectivity index (χ0) is 14.7. The van der Waals surface area contributed by atoms with Crippen LogP contribution in [0.3, 0.4) is 0 Å². The van der Waals surface area contributed by atoms with E-state index in [9.17, 15) is 14.4 Å². The van der Waals surface area contributed by atoms with Crippen molar-refractivity contribution in [2.24, 2.45) is 5.73 Å². The van der Waals surface area contributed by atoms with Crippen molar-refractivity contribution in [2.45, 2.75) is 19.4 Å². The molecule has 0 saturated carbocycles. The maximum atomic E-state index is 12.1. The van der Waals surface area contributed by atoms with Crippen molar-refractivity contribution in [3.05, 3.63) is 29.6 Å². The van der Waals surface area contributed by atoms with E-state index in [4.69, 9.17) is 5.73 Å². The molecule has 0 fully saturated rings. The Bertz CT molecular complexity index is 558. The third kappa shape index (κ3) is 2.93. The number of carbonyl (C=O) groups is 3. The van der Waals surface area contributed by atoms with Crippen LogP contribution in [0.5, 0.6) is 0 Å². The summed E-state index contributed by atoms with van der Waals surface area (Å²) in [5.74, 6) is -1.65. The highest BCUT2D eigenvalue weighted by Gasteiger charge is 2.32. The van der Waals surface area contributed by atoms with Gasteiger partial charge >= 0.3 is 0 Å². The minimum Gasteiger partial charge on any atom is -0.368 e. The molecule has 1 unspecified atom stereocenters. The van der Waals surface area contributed by atoms with Crippen LogP contribution in [-0.2, 0) is 20.9 Å². The van der Waals surface area contributed by atoms with E-state index in [1.54, 1.807) is 17.2 Å². The van der Waals surface area contributed by atoms with E-state index in [-0.39, 0.29) is 24.9 Å². The van der Waals surface area contributed by atoms with Gasteiger partial charge in [0.2, 0.25) is 17.7 Å². The maximum Gasteiger partial charge on any atom is 0.236 e. The van der Waals surface area contributed by atoms with Gasteiger partial charge in [-0.3, -0.25) is 19.4 Å². The van der Waals surface area contributed by atoms with Crippen LogP contribution in [0, 0.1) is 0 Å². The molecule has 7 heteroatoms. The number of hydrogen-bond donors (Lipinski definition) is 2. The van der Waals surface area contributed by atoms with E-state index in [0.29, 0.717) is 12.2 Å². The highest BCUT2D eigenvalue weighted by atomic mass is 16.2. The number of carbonyl (C=O) groups excluding carboxylic acids is 3. The molecule has 0 aromatic carbocycles. The van der Waals surface area contributed by atoms with Crippen LogP contribution in [0.15, 0.2) is 18.3 Å². The highest BCUT2D eigenvalue weighted by Crippen LogP contribution is 2.26. The van der Waals surface area contributed by atoms with Crippen molar-refractivity contribution in [1.82, 2.24) is 15.2 Å². The second-order valence-corrected chi connectivity index (χ2v) is 4.68. The lowest BCUT2D eigenvalue weighted by Crippen LogP contribution is -2.45. The fraction of sp³-hybridized carbons (Fsp3) is 0.385. The first-order valence-electron chi connectivity index (χ1n) is 6.24. The summed E-state index contributed by atoms with van der Waals surface area (Å²) >= 11 is 0. The molecule has 106 valence electrons. The van der Waals surface area contributed by atoms with Crippen molar-refractivity contribution in [2.75, 3.05) is 13.1 Å². The van der Waals surface area contributed by atoms with Gasteiger partial charge in [-0.05, 0) is 11.6 Å². The molecule has 1 aliphatic heterocycles. The van der Waals surface area contributed by atoms with Gasteiger partial charge in [-0.2, -0.15) is 0 Å². The SMILES string of the molecule is CC(=O)N1Cc2cccnc2C(C(=O)NCC(N)=O)C1. The van der Waals surface area contributed by atoms with E-state index in [2.05, 4.69) is 10.3 Å². The summed E-state index contributed by atoms with van der Waals surface area (Å²) in [5.41, 5.74) is 6.49. The second-order valence-electron chi connectivity index (χ2n) is 4.68. The zero-order valence-electron chi connectivity index (χ0n) is 11.1. The van der Waals surface area contributed by atoms with Crippen LogP contribution in [0.25, 0.3) is 0 Å². The minimum absolute atomic E-state index is 0.104. The number of nitrogens with zero attached hydrogens (tertiary/aromatic N) is 2. The Hall–Kier alpha value is -2.44. The monoisotopic (exact) mass is 276 g/mol. The summed E-state index contributed by atoms with van der Waals surface area (Å²) in [5, 5.41) is 2.46. The van der Waals surface area contributed by atoms with Crippen molar-refractivity contribution < 1.29 is 14.4 Å². The summed E-state index contributed by atoms with van der Waals surface area (Å²) in [6, 6.07) is 3.60. The molecule has 0 bridgehead atoms. The molecular weight excluding hydrogens is 260 g/mol. The van der Waals surface area contributed by atoms with Gasteiger partial charge in [-0.15, -0.1) is 0 Å². The Morgan fingerprint density at radius 1 is 1.50 bits per heavy atom. The zero-order valence-corrected chi connectivity index (χ0v) is 11.1. The van der Waals surface area contributed by atoms with E-state index in [1.165, 1.54) is 6.92 Å². The lowest BCUT2D eigenvalue weighted by atomic mass is 9.94. The molecule has 1 aliphatic rings. The molecule has 7 nitrogen and oxygen atoms in total. The molecule has 3 N–H and O–H groups in total. The molecule has 1 atom stereocenters. The molecule has 0 aliphatic carbocycles. The summed E-state index contributed by atoms with van der Waals surface area (Å²) < 4.78 is 0. The van der Waals surface area contributed by atoms with Crippen molar-refractivity contribution in [3.8, 4) is 0 Å². The van der Waals surface area contributed by atoms with Gasteiger partial charge in [0, 0.05) is 26.2 Å². The molecule has 20 heavy (non-hydrogen) atoms. The summed E-state index contributed by atoms with van der Waals surface area (Å²) in [7, 11) is 0. The van der Waals surface area contributed by atoms with Crippen LogP contribution >= 0.6 is 0 Å². The fourth-order valence-corrected chi connectivity index (χ4v) is 2.22. The normalized spacial score (nSPS) is 17.2. The first-order chi connectivity index (χ1) is 9.49. The van der Waals surface area contributed by atoms with Crippen LogP contribution < -0.4 is 11.1 Å². The molecular formula is C13H16N4O3. The molecule has 1 aromatic heterocycles. The van der Waals surface area contributed by atoms with Gasteiger partial charge in [-0.1, -0.05) is 6.07 Å². The van der Waals surface area contributed by atoms with E-state index >= 15 is 0 Å². The Labute approximate surface area is 116 Å². The fourth-order valence-electron chi connectivity index (χ4n) is 2.22. The first kappa shape index (κ1) is 14.0. The third-order valence-electron chi connectivity index (χ3n) is 3.22. The third-order valence-corrected chi connectivity index (χ3v) is 3.22. The lowest BCUT2D eigenvalue weighted by Gasteiger charge is -2.32. The smallest absolute Gasteiger partial charge is 0.236 e. The van der Waals surface area contributed by atoms with Crippen molar-refractivity contribution >= 4 is 17.7 Å². The number of hydrogen-bond acceptors (Lipinski definition) is 4. The number of rotatable bonds is 3. The van der Waals surface area contributed by atoms with Gasteiger partial charge in [0.1, 0.15) is 0 Å². The standard InChI is InChI=1S/C13H16N4O3/c1-8(18)17-6-9-3-2-4-15-12(9)10(7-17)13(20)16-5-11(14)19/h2-4,10H,5-7H2,1H3,(H2,14,19)(H,16,20). The van der Waals surface area contributed by atoms with Crippen LogP contribution in [0.1, 0.15) is 24.1 Å². The molecule has 2 heterocycles. The second kappa shape index (κ2) is 5.68. The number of nitrogens with one attached hydrogen (secondary N) is 1. The van der Waals surface area contributed by atoms with Crippen molar-refractivity contribution in [1.29, 1.82) is 0 Å². The van der Waals surface area contributed by atoms with Gasteiger partial charge in [0.25, 0.3) is 0 Å². The molecule has 0 saturated heterocycles. The molecule has 2 rings (SSSR count). The lowest BCUT2D eigenvalue weighted by molar-refractivity contribution is -0.132. The summed E-state index contributed by atoms with van der Waals surface area (Å²) in [4.78, 5) is 40.2. The molecule has 1 aromatic rings. The van der Waals surface area contributed by atoms with Gasteiger partial charge in [0.15, 0.2) is 0 Å². The van der Waals surface area contributed by atoms with Crippen LogP contribution in [0.4, 0.5) is 0 Å². The van der Waals surface area contributed by atoms with E-state index < -0.39 is 11.8 Å². The van der Waals surface area contributed by atoms with Crippen molar-refractivity contribution in [3.63, 3.8) is 0 Å². The first-order valence-corrected chi connectivity index (χ1v) is 6.24. The molecule has 0 spiro atoms. The van der Waals surface area contributed by atoms with E-state index in [1.807, 2.05) is 6.07 Å². The molecule has 0 radical (unpaired) electrons. The molecule has 3 amide bonds. The van der Waals surface area contributed by atoms with E-state index in [0.717, 1.165) is 5.56 Å². The number of primary amides is 1. The quantitative estimate of drug-likeness (QED) is 0.748. The van der Waals surface area contributed by atoms with Crippen LogP contribution in [-0.4, -0.2) is 40.7 Å². The predicted octanol–water partition coefficient (Wildman–Crippen LogP) is -0.871. The number of pyridine rings is 1. The Kier molecular flexibility index (Phi) is 3.97. The highest BCUT2D eigenvalue weighted by molar-refractivity contribution is 5.89. The number of aromatic nitrogens is 1. The number of amides is 3. The topological polar surface area (TPSA) is 105 Å². The van der Waals surface area contributed by atoms with Crippen LogP contribution in [0.2, 0.25) is 0 Å². The largest absolute Gasteiger partial charge is 0.368 e. The average Bonchev–Trinajstić information content (AvgIpc) is 2.43. The Balaban J connectivity index is 2.24. The van der Waals surface area contributed by atoms with Gasteiger partial charge < -0.3 is 16.0 Å². The summed E-state index contributed by atoms with van der Waals surface area (Å²) in [6.07, 6.45) is 1.61. The summed E-state index contributed by atoms with van der Waals surface area (Å²) in [6.45, 7) is 1.93.